The van der Waals surface area contributed by atoms with Crippen LogP contribution in [0.4, 0.5) is 4.39 Å². The van der Waals surface area contributed by atoms with Crippen LogP contribution < -0.4 is 4.74 Å². The topological polar surface area (TPSA) is 29.5 Å². The zero-order valence-corrected chi connectivity index (χ0v) is 10.2. The second-order valence-corrected chi connectivity index (χ2v) is 4.67. The number of benzene rings is 1. The van der Waals surface area contributed by atoms with Crippen molar-refractivity contribution in [2.24, 2.45) is 0 Å². The van der Waals surface area contributed by atoms with E-state index in [1.165, 1.54) is 25.0 Å². The highest BCUT2D eigenvalue weighted by Gasteiger charge is 2.26. The van der Waals surface area contributed by atoms with Crippen LogP contribution in [-0.2, 0) is 0 Å². The minimum absolute atomic E-state index is 0.0193. The maximum atomic E-state index is 13.1. The summed E-state index contributed by atoms with van der Waals surface area (Å²) >= 11 is 0. The van der Waals surface area contributed by atoms with Crippen LogP contribution in [0, 0.1) is 5.82 Å². The standard InChI is InChI=1S/C14H19FO2/c1-2-3-4-5-11-9-13(16)12-7-6-10(15)8-14(12)17-11/h6-8,11,13,16H,2-5,9H2,1H3/t11?,13-/m0/s1. The largest absolute Gasteiger partial charge is 0.490 e. The van der Waals surface area contributed by atoms with Crippen molar-refractivity contribution in [3.63, 3.8) is 0 Å². The highest BCUT2D eigenvalue weighted by atomic mass is 19.1. The summed E-state index contributed by atoms with van der Waals surface area (Å²) in [5.74, 6) is 0.190. The van der Waals surface area contributed by atoms with Gasteiger partial charge in [-0.1, -0.05) is 19.8 Å². The van der Waals surface area contributed by atoms with Crippen LogP contribution in [-0.4, -0.2) is 11.2 Å². The fourth-order valence-corrected chi connectivity index (χ4v) is 2.29. The number of hydrogen-bond acceptors (Lipinski definition) is 2. The van der Waals surface area contributed by atoms with Crippen molar-refractivity contribution in [1.29, 1.82) is 0 Å². The molecular formula is C14H19FO2. The third-order valence-electron chi connectivity index (χ3n) is 3.24. The Labute approximate surface area is 101 Å². The molecule has 0 saturated heterocycles. The predicted octanol–water partition coefficient (Wildman–Crippen LogP) is 3.59. The summed E-state index contributed by atoms with van der Waals surface area (Å²) in [5, 5.41) is 9.98. The molecule has 2 atom stereocenters. The fourth-order valence-electron chi connectivity index (χ4n) is 2.29. The number of hydrogen-bond donors (Lipinski definition) is 1. The first-order chi connectivity index (χ1) is 8.20. The highest BCUT2D eigenvalue weighted by Crippen LogP contribution is 2.36. The molecule has 0 aliphatic carbocycles. The van der Waals surface area contributed by atoms with Crippen molar-refractivity contribution >= 4 is 0 Å². The van der Waals surface area contributed by atoms with Crippen LogP contribution in [0.2, 0.25) is 0 Å². The number of fused-ring (bicyclic) bond motifs is 1. The quantitative estimate of drug-likeness (QED) is 0.812. The summed E-state index contributed by atoms with van der Waals surface area (Å²) < 4.78 is 18.8. The molecule has 1 aliphatic rings. The zero-order valence-electron chi connectivity index (χ0n) is 10.2. The lowest BCUT2D eigenvalue weighted by Gasteiger charge is -2.29. The molecule has 1 aromatic carbocycles. The van der Waals surface area contributed by atoms with Gasteiger partial charge in [-0.3, -0.25) is 0 Å². The molecule has 0 spiro atoms. The molecule has 1 unspecified atom stereocenters. The number of ether oxygens (including phenoxy) is 1. The fraction of sp³-hybridized carbons (Fsp3) is 0.571. The van der Waals surface area contributed by atoms with Crippen LogP contribution >= 0.6 is 0 Å². The number of aliphatic hydroxyl groups is 1. The molecule has 1 aromatic rings. The molecule has 2 rings (SSSR count). The summed E-state index contributed by atoms with van der Waals surface area (Å²) in [5.41, 5.74) is 0.707. The van der Waals surface area contributed by atoms with Gasteiger partial charge in [-0.05, 0) is 25.0 Å². The molecule has 0 radical (unpaired) electrons. The number of halogens is 1. The van der Waals surface area contributed by atoms with Crippen LogP contribution in [0.1, 0.15) is 50.7 Å². The molecule has 0 saturated carbocycles. The van der Waals surface area contributed by atoms with Crippen molar-refractivity contribution in [1.82, 2.24) is 0 Å². The highest BCUT2D eigenvalue weighted by molar-refractivity contribution is 5.37. The Morgan fingerprint density at radius 2 is 2.24 bits per heavy atom. The number of aliphatic hydroxyl groups excluding tert-OH is 1. The van der Waals surface area contributed by atoms with Crippen molar-refractivity contribution in [3.05, 3.63) is 29.6 Å². The first-order valence-electron chi connectivity index (χ1n) is 6.35. The summed E-state index contributed by atoms with van der Waals surface area (Å²) in [7, 11) is 0. The van der Waals surface area contributed by atoms with E-state index < -0.39 is 6.10 Å². The van der Waals surface area contributed by atoms with Crippen molar-refractivity contribution in [2.45, 2.75) is 51.2 Å². The van der Waals surface area contributed by atoms with Gasteiger partial charge in [0, 0.05) is 18.1 Å². The lowest BCUT2D eigenvalue weighted by molar-refractivity contribution is 0.0602. The van der Waals surface area contributed by atoms with Gasteiger partial charge in [-0.2, -0.15) is 0 Å². The Morgan fingerprint density at radius 3 is 3.00 bits per heavy atom. The minimum Gasteiger partial charge on any atom is -0.490 e. The Balaban J connectivity index is 2.04. The molecule has 2 nitrogen and oxygen atoms in total. The average molecular weight is 238 g/mol. The maximum absolute atomic E-state index is 13.1. The lowest BCUT2D eigenvalue weighted by Crippen LogP contribution is -2.25. The van der Waals surface area contributed by atoms with E-state index in [2.05, 4.69) is 6.92 Å². The van der Waals surface area contributed by atoms with E-state index in [0.29, 0.717) is 17.7 Å². The van der Waals surface area contributed by atoms with Crippen LogP contribution in [0.15, 0.2) is 18.2 Å². The first kappa shape index (κ1) is 12.4. The van der Waals surface area contributed by atoms with Gasteiger partial charge in [0.1, 0.15) is 17.7 Å². The van der Waals surface area contributed by atoms with Gasteiger partial charge in [0.2, 0.25) is 0 Å². The lowest BCUT2D eigenvalue weighted by atomic mass is 9.96. The van der Waals surface area contributed by atoms with E-state index in [1.54, 1.807) is 6.07 Å². The molecule has 0 fully saturated rings. The Kier molecular flexibility index (Phi) is 4.00. The molecule has 0 bridgehead atoms. The summed E-state index contributed by atoms with van der Waals surface area (Å²) in [4.78, 5) is 0. The molecule has 1 aliphatic heterocycles. The van der Waals surface area contributed by atoms with Crippen LogP contribution in [0.5, 0.6) is 5.75 Å². The van der Waals surface area contributed by atoms with E-state index >= 15 is 0 Å². The Bertz CT molecular complexity index is 378. The van der Waals surface area contributed by atoms with Crippen molar-refractivity contribution in [2.75, 3.05) is 0 Å². The average Bonchev–Trinajstić information content (AvgIpc) is 2.28. The summed E-state index contributed by atoms with van der Waals surface area (Å²) in [6, 6.07) is 4.34. The second kappa shape index (κ2) is 5.50. The third kappa shape index (κ3) is 2.97. The monoisotopic (exact) mass is 238 g/mol. The van der Waals surface area contributed by atoms with Gasteiger partial charge in [-0.15, -0.1) is 0 Å². The first-order valence-corrected chi connectivity index (χ1v) is 6.35. The number of unbranched alkanes of at least 4 members (excludes halogenated alkanes) is 2. The van der Waals surface area contributed by atoms with E-state index in [4.69, 9.17) is 4.74 Å². The van der Waals surface area contributed by atoms with E-state index in [-0.39, 0.29) is 11.9 Å². The molecule has 0 amide bonds. The molecular weight excluding hydrogens is 219 g/mol. The Hall–Kier alpha value is -1.09. The normalized spacial score (nSPS) is 23.0. The SMILES string of the molecule is CCCCCC1C[C@H](O)c2ccc(F)cc2O1. The van der Waals surface area contributed by atoms with Gasteiger partial charge in [-0.25, -0.2) is 4.39 Å². The molecule has 3 heteroatoms. The van der Waals surface area contributed by atoms with E-state index in [1.807, 2.05) is 0 Å². The zero-order chi connectivity index (χ0) is 12.3. The van der Waals surface area contributed by atoms with E-state index in [0.717, 1.165) is 12.8 Å². The smallest absolute Gasteiger partial charge is 0.128 e. The molecule has 0 aromatic heterocycles. The molecule has 1 heterocycles. The van der Waals surface area contributed by atoms with Crippen LogP contribution in [0.3, 0.4) is 0 Å². The van der Waals surface area contributed by atoms with E-state index in [9.17, 15) is 9.50 Å². The van der Waals surface area contributed by atoms with Gasteiger partial charge >= 0.3 is 0 Å². The minimum atomic E-state index is -0.522. The summed E-state index contributed by atoms with van der Waals surface area (Å²) in [6.45, 7) is 2.15. The predicted molar refractivity (Wildman–Crippen MR) is 64.5 cm³/mol. The van der Waals surface area contributed by atoms with Crippen molar-refractivity contribution in [3.8, 4) is 5.75 Å². The molecule has 17 heavy (non-hydrogen) atoms. The third-order valence-corrected chi connectivity index (χ3v) is 3.24. The van der Waals surface area contributed by atoms with Crippen molar-refractivity contribution < 1.29 is 14.2 Å². The van der Waals surface area contributed by atoms with Crippen LogP contribution in [0.25, 0.3) is 0 Å². The number of rotatable bonds is 4. The molecule has 94 valence electrons. The summed E-state index contributed by atoms with van der Waals surface area (Å²) in [6.07, 6.45) is 4.48. The maximum Gasteiger partial charge on any atom is 0.128 e. The Morgan fingerprint density at radius 1 is 1.41 bits per heavy atom. The second-order valence-electron chi connectivity index (χ2n) is 4.67. The van der Waals surface area contributed by atoms with Gasteiger partial charge in [0.15, 0.2) is 0 Å². The molecule has 1 N–H and O–H groups in total. The van der Waals surface area contributed by atoms with Gasteiger partial charge in [0.25, 0.3) is 0 Å². The van der Waals surface area contributed by atoms with Gasteiger partial charge < -0.3 is 9.84 Å². The van der Waals surface area contributed by atoms with Gasteiger partial charge in [0.05, 0.1) is 6.10 Å².